The van der Waals surface area contributed by atoms with Crippen molar-refractivity contribution in [2.75, 3.05) is 6.54 Å². The van der Waals surface area contributed by atoms with Gasteiger partial charge in [0.15, 0.2) is 0 Å². The summed E-state index contributed by atoms with van der Waals surface area (Å²) in [7, 11) is -3.81. The maximum absolute atomic E-state index is 13.1. The van der Waals surface area contributed by atoms with Crippen molar-refractivity contribution in [2.45, 2.75) is 18.2 Å². The smallest absolute Gasteiger partial charge is 0.322 e. The van der Waals surface area contributed by atoms with Gasteiger partial charge in [0.05, 0.1) is 5.75 Å². The van der Waals surface area contributed by atoms with Gasteiger partial charge in [0.1, 0.15) is 11.9 Å². The van der Waals surface area contributed by atoms with Crippen molar-refractivity contribution in [1.29, 1.82) is 0 Å². The molecule has 0 radical (unpaired) electrons. The van der Waals surface area contributed by atoms with E-state index in [1.807, 2.05) is 0 Å². The molecule has 1 unspecified atom stereocenters. The van der Waals surface area contributed by atoms with Crippen LogP contribution in [0.2, 0.25) is 0 Å². The van der Waals surface area contributed by atoms with Crippen LogP contribution in [0.1, 0.15) is 12.0 Å². The summed E-state index contributed by atoms with van der Waals surface area (Å²) in [4.78, 5) is 11.1. The number of halogens is 1. The third kappa shape index (κ3) is 3.23. The Balaban J connectivity index is 2.25. The number of carboxylic acid groups (broad SMARTS) is 1. The van der Waals surface area contributed by atoms with Crippen LogP contribution in [-0.4, -0.2) is 36.4 Å². The zero-order valence-corrected chi connectivity index (χ0v) is 11.4. The van der Waals surface area contributed by atoms with Gasteiger partial charge in [-0.05, 0) is 24.1 Å². The molecule has 0 aliphatic carbocycles. The number of aliphatic carboxylic acids is 1. The summed E-state index contributed by atoms with van der Waals surface area (Å²) in [5.41, 5.74) is 0.295. The van der Waals surface area contributed by atoms with Crippen molar-refractivity contribution >= 4 is 16.0 Å². The molecule has 1 aliphatic heterocycles. The molecule has 108 valence electrons. The largest absolute Gasteiger partial charge is 0.480 e. The lowest BCUT2D eigenvalue weighted by Crippen LogP contribution is -2.46. The number of hydrogen-bond donors (Lipinski definition) is 1. The topological polar surface area (TPSA) is 74.7 Å². The average molecular weight is 299 g/mol. The SMILES string of the molecule is O=C(O)C1CC=CCN1S(=O)(=O)Cc1cccc(F)c1. The molecule has 0 aromatic heterocycles. The van der Waals surface area contributed by atoms with Crippen molar-refractivity contribution < 1.29 is 22.7 Å². The number of nitrogens with zero attached hydrogens (tertiary/aromatic N) is 1. The molecular weight excluding hydrogens is 285 g/mol. The van der Waals surface area contributed by atoms with Gasteiger partial charge in [-0.3, -0.25) is 4.79 Å². The molecule has 1 aromatic rings. The van der Waals surface area contributed by atoms with E-state index in [0.717, 1.165) is 10.4 Å². The summed E-state index contributed by atoms with van der Waals surface area (Å²) in [5, 5.41) is 9.08. The highest BCUT2D eigenvalue weighted by molar-refractivity contribution is 7.88. The molecule has 2 rings (SSSR count). The van der Waals surface area contributed by atoms with Gasteiger partial charge in [0.2, 0.25) is 10.0 Å². The Labute approximate surface area is 116 Å². The van der Waals surface area contributed by atoms with Crippen LogP contribution in [0, 0.1) is 5.82 Å². The maximum atomic E-state index is 13.1. The fourth-order valence-electron chi connectivity index (χ4n) is 2.10. The predicted molar refractivity (Wildman–Crippen MR) is 70.9 cm³/mol. The molecule has 0 amide bonds. The Bertz CT molecular complexity index is 642. The molecule has 20 heavy (non-hydrogen) atoms. The van der Waals surface area contributed by atoms with Crippen LogP contribution in [-0.2, 0) is 20.6 Å². The summed E-state index contributed by atoms with van der Waals surface area (Å²) < 4.78 is 38.6. The summed E-state index contributed by atoms with van der Waals surface area (Å²) in [6.07, 6.45) is 3.40. The average Bonchev–Trinajstić information content (AvgIpc) is 2.38. The Morgan fingerprint density at radius 2 is 2.15 bits per heavy atom. The molecule has 1 atom stereocenters. The zero-order valence-electron chi connectivity index (χ0n) is 10.6. The Morgan fingerprint density at radius 3 is 2.80 bits per heavy atom. The highest BCUT2D eigenvalue weighted by Crippen LogP contribution is 2.20. The Hall–Kier alpha value is -1.73. The number of sulfonamides is 1. The van der Waals surface area contributed by atoms with Crippen molar-refractivity contribution in [3.63, 3.8) is 0 Å². The number of carboxylic acids is 1. The normalized spacial score (nSPS) is 19.9. The standard InChI is InChI=1S/C13H14FNO4S/c14-11-5-3-4-10(8-11)9-20(18,19)15-7-2-1-6-12(15)13(16)17/h1-5,8,12H,6-7,9H2,(H,16,17). The minimum absolute atomic E-state index is 0.0224. The van der Waals surface area contributed by atoms with Crippen LogP contribution in [0.4, 0.5) is 4.39 Å². The minimum atomic E-state index is -3.81. The first-order valence-corrected chi connectivity index (χ1v) is 7.63. The molecule has 0 saturated carbocycles. The number of carbonyl (C=O) groups is 1. The number of hydrogen-bond acceptors (Lipinski definition) is 3. The molecule has 1 heterocycles. The monoisotopic (exact) mass is 299 g/mol. The van der Waals surface area contributed by atoms with E-state index in [4.69, 9.17) is 5.11 Å². The van der Waals surface area contributed by atoms with Gasteiger partial charge in [-0.1, -0.05) is 24.3 Å². The Kier molecular flexibility index (Phi) is 4.20. The molecule has 7 heteroatoms. The molecular formula is C13H14FNO4S. The van der Waals surface area contributed by atoms with Crippen LogP contribution >= 0.6 is 0 Å². The third-order valence-corrected chi connectivity index (χ3v) is 4.86. The van der Waals surface area contributed by atoms with Crippen molar-refractivity contribution in [3.8, 4) is 0 Å². The second-order valence-electron chi connectivity index (χ2n) is 4.52. The summed E-state index contributed by atoms with van der Waals surface area (Å²) in [5.74, 6) is -2.12. The van der Waals surface area contributed by atoms with Crippen LogP contribution < -0.4 is 0 Å². The van der Waals surface area contributed by atoms with E-state index in [1.54, 1.807) is 12.2 Å². The number of benzene rings is 1. The lowest BCUT2D eigenvalue weighted by molar-refractivity contribution is -0.141. The summed E-state index contributed by atoms with van der Waals surface area (Å²) in [6.45, 7) is 0.0224. The highest BCUT2D eigenvalue weighted by atomic mass is 32.2. The van der Waals surface area contributed by atoms with E-state index in [9.17, 15) is 17.6 Å². The lowest BCUT2D eigenvalue weighted by Gasteiger charge is -2.29. The van der Waals surface area contributed by atoms with Crippen LogP contribution in [0.25, 0.3) is 0 Å². The van der Waals surface area contributed by atoms with Gasteiger partial charge >= 0.3 is 5.97 Å². The second kappa shape index (κ2) is 5.72. The molecule has 1 aliphatic rings. The molecule has 5 nitrogen and oxygen atoms in total. The predicted octanol–water partition coefficient (Wildman–Crippen LogP) is 1.37. The van der Waals surface area contributed by atoms with Gasteiger partial charge in [0, 0.05) is 6.54 Å². The quantitative estimate of drug-likeness (QED) is 0.852. The third-order valence-electron chi connectivity index (χ3n) is 3.04. The fraction of sp³-hybridized carbons (Fsp3) is 0.308. The molecule has 0 saturated heterocycles. The van der Waals surface area contributed by atoms with Gasteiger partial charge < -0.3 is 5.11 Å². The van der Waals surface area contributed by atoms with E-state index >= 15 is 0 Å². The van der Waals surface area contributed by atoms with Crippen molar-refractivity contribution in [1.82, 2.24) is 4.31 Å². The summed E-state index contributed by atoms with van der Waals surface area (Å²) >= 11 is 0. The first-order chi connectivity index (χ1) is 9.40. The van der Waals surface area contributed by atoms with E-state index < -0.39 is 33.6 Å². The number of rotatable bonds is 4. The maximum Gasteiger partial charge on any atom is 0.322 e. The van der Waals surface area contributed by atoms with Gasteiger partial charge in [0.25, 0.3) is 0 Å². The minimum Gasteiger partial charge on any atom is -0.480 e. The first kappa shape index (κ1) is 14.7. The Morgan fingerprint density at radius 1 is 1.40 bits per heavy atom. The van der Waals surface area contributed by atoms with E-state index in [1.165, 1.54) is 18.2 Å². The van der Waals surface area contributed by atoms with Gasteiger partial charge in [-0.15, -0.1) is 0 Å². The molecule has 0 bridgehead atoms. The molecule has 0 spiro atoms. The van der Waals surface area contributed by atoms with Gasteiger partial charge in [-0.2, -0.15) is 4.31 Å². The zero-order chi connectivity index (χ0) is 14.8. The lowest BCUT2D eigenvalue weighted by atomic mass is 10.1. The first-order valence-electron chi connectivity index (χ1n) is 6.02. The van der Waals surface area contributed by atoms with E-state index in [2.05, 4.69) is 0 Å². The van der Waals surface area contributed by atoms with Crippen molar-refractivity contribution in [2.24, 2.45) is 0 Å². The van der Waals surface area contributed by atoms with Gasteiger partial charge in [-0.25, -0.2) is 12.8 Å². The molecule has 1 N–H and O–H groups in total. The van der Waals surface area contributed by atoms with E-state index in [-0.39, 0.29) is 13.0 Å². The van der Waals surface area contributed by atoms with Crippen LogP contribution in [0.3, 0.4) is 0 Å². The summed E-state index contributed by atoms with van der Waals surface area (Å²) in [6, 6.07) is 4.17. The van der Waals surface area contributed by atoms with Crippen molar-refractivity contribution in [3.05, 3.63) is 47.8 Å². The molecule has 0 fully saturated rings. The van der Waals surface area contributed by atoms with Crippen LogP contribution in [0.5, 0.6) is 0 Å². The highest BCUT2D eigenvalue weighted by Gasteiger charge is 2.34. The van der Waals surface area contributed by atoms with E-state index in [0.29, 0.717) is 5.56 Å². The fourth-order valence-corrected chi connectivity index (χ4v) is 3.74. The second-order valence-corrected chi connectivity index (χ2v) is 6.44. The van der Waals surface area contributed by atoms with Crippen LogP contribution in [0.15, 0.2) is 36.4 Å². The molecule has 1 aromatic carbocycles.